The molecule has 3 aromatic heterocycles. The molecule has 0 spiro atoms. The Bertz CT molecular complexity index is 1050. The third-order valence-corrected chi connectivity index (χ3v) is 5.52. The third kappa shape index (κ3) is 2.74. The topological polar surface area (TPSA) is 83.3 Å². The molecule has 0 aromatic carbocycles. The van der Waals surface area contributed by atoms with Gasteiger partial charge >= 0.3 is 6.03 Å². The molecule has 9 nitrogen and oxygen atoms in total. The second-order valence-electron chi connectivity index (χ2n) is 7.39. The van der Waals surface area contributed by atoms with E-state index in [-0.39, 0.29) is 12.1 Å². The van der Waals surface area contributed by atoms with E-state index in [4.69, 9.17) is 0 Å². The summed E-state index contributed by atoms with van der Waals surface area (Å²) in [5.41, 5.74) is 1.59. The normalized spacial score (nSPS) is 20.0. The van der Waals surface area contributed by atoms with Crippen molar-refractivity contribution in [3.05, 3.63) is 36.5 Å². The molecule has 28 heavy (non-hydrogen) atoms. The lowest BCUT2D eigenvalue weighted by molar-refractivity contribution is 0.229. The Morgan fingerprint density at radius 1 is 1.18 bits per heavy atom. The number of carbonyl (C=O) groups excluding carboxylic acids is 1. The first-order chi connectivity index (χ1) is 13.6. The second kappa shape index (κ2) is 6.43. The third-order valence-electron chi connectivity index (χ3n) is 5.52. The fourth-order valence-corrected chi connectivity index (χ4v) is 4.00. The van der Waals surface area contributed by atoms with Gasteiger partial charge in [-0.1, -0.05) is 0 Å². The van der Waals surface area contributed by atoms with Crippen molar-refractivity contribution in [2.75, 3.05) is 43.0 Å². The SMILES string of the molecule is Cc1nc(N2CCC(n3cc(N4CCN(C)C4=O)cn3)C2)c2cccnc2n1. The first-order valence-electron chi connectivity index (χ1n) is 9.51. The summed E-state index contributed by atoms with van der Waals surface area (Å²) in [5, 5.41) is 5.52. The molecule has 1 unspecified atom stereocenters. The summed E-state index contributed by atoms with van der Waals surface area (Å²) in [5.74, 6) is 1.66. The summed E-state index contributed by atoms with van der Waals surface area (Å²) in [6.07, 6.45) is 6.50. The van der Waals surface area contributed by atoms with E-state index >= 15 is 0 Å². The number of carbonyl (C=O) groups is 1. The van der Waals surface area contributed by atoms with Gasteiger partial charge in [-0.25, -0.2) is 19.7 Å². The van der Waals surface area contributed by atoms with Crippen LogP contribution < -0.4 is 9.80 Å². The van der Waals surface area contributed by atoms with Crippen LogP contribution in [0.4, 0.5) is 16.3 Å². The lowest BCUT2D eigenvalue weighted by Gasteiger charge is -2.19. The van der Waals surface area contributed by atoms with Crippen LogP contribution in [0.1, 0.15) is 18.3 Å². The van der Waals surface area contributed by atoms with E-state index < -0.39 is 0 Å². The predicted molar refractivity (Wildman–Crippen MR) is 106 cm³/mol. The first kappa shape index (κ1) is 16.9. The zero-order valence-electron chi connectivity index (χ0n) is 16.0. The number of anilines is 2. The fraction of sp³-hybridized carbons (Fsp3) is 0.421. The van der Waals surface area contributed by atoms with Gasteiger partial charge in [-0.15, -0.1) is 0 Å². The van der Waals surface area contributed by atoms with Crippen molar-refractivity contribution >= 4 is 28.6 Å². The first-order valence-corrected chi connectivity index (χ1v) is 9.51. The van der Waals surface area contributed by atoms with Crippen LogP contribution in [0.3, 0.4) is 0 Å². The molecule has 2 amide bonds. The van der Waals surface area contributed by atoms with Crippen molar-refractivity contribution in [2.45, 2.75) is 19.4 Å². The molecule has 1 atom stereocenters. The van der Waals surface area contributed by atoms with Gasteiger partial charge in [0.2, 0.25) is 0 Å². The molecule has 9 heteroatoms. The fourth-order valence-electron chi connectivity index (χ4n) is 4.00. The molecule has 5 heterocycles. The molecule has 2 fully saturated rings. The Labute approximate surface area is 162 Å². The lowest BCUT2D eigenvalue weighted by atomic mass is 10.3. The van der Waals surface area contributed by atoms with Crippen molar-refractivity contribution in [1.82, 2.24) is 29.6 Å². The van der Waals surface area contributed by atoms with Crippen molar-refractivity contribution in [3.8, 4) is 0 Å². The molecular formula is C19H22N8O. The Hall–Kier alpha value is -3.23. The zero-order valence-corrected chi connectivity index (χ0v) is 16.0. The second-order valence-corrected chi connectivity index (χ2v) is 7.39. The molecule has 2 aliphatic heterocycles. The van der Waals surface area contributed by atoms with E-state index in [9.17, 15) is 4.79 Å². The molecule has 0 N–H and O–H groups in total. The van der Waals surface area contributed by atoms with Gasteiger partial charge in [-0.2, -0.15) is 5.10 Å². The van der Waals surface area contributed by atoms with Crippen molar-refractivity contribution in [1.29, 1.82) is 0 Å². The highest BCUT2D eigenvalue weighted by molar-refractivity contribution is 5.93. The zero-order chi connectivity index (χ0) is 19.3. The Morgan fingerprint density at radius 3 is 2.89 bits per heavy atom. The van der Waals surface area contributed by atoms with Crippen LogP contribution in [-0.4, -0.2) is 68.9 Å². The van der Waals surface area contributed by atoms with Gasteiger partial charge in [0.15, 0.2) is 5.65 Å². The number of amides is 2. The molecular weight excluding hydrogens is 356 g/mol. The number of aromatic nitrogens is 5. The van der Waals surface area contributed by atoms with Gasteiger partial charge in [-0.3, -0.25) is 9.58 Å². The standard InChI is InChI=1S/C19H22N8O/c1-13-22-17-16(4-3-6-20-17)18(23-13)25-7-5-14(11-25)27-12-15(10-21-27)26-9-8-24(2)19(26)28/h3-4,6,10,12,14H,5,7-9,11H2,1-2H3. The molecule has 3 aromatic rings. The largest absolute Gasteiger partial charge is 0.354 e. The lowest BCUT2D eigenvalue weighted by Crippen LogP contribution is -2.28. The summed E-state index contributed by atoms with van der Waals surface area (Å²) in [6.45, 7) is 5.06. The van der Waals surface area contributed by atoms with E-state index in [0.717, 1.165) is 54.4 Å². The van der Waals surface area contributed by atoms with Crippen LogP contribution in [-0.2, 0) is 0 Å². The van der Waals surface area contributed by atoms with Crippen LogP contribution in [0.25, 0.3) is 11.0 Å². The molecule has 2 saturated heterocycles. The number of aryl methyl sites for hydroxylation is 1. The number of pyridine rings is 1. The molecule has 0 bridgehead atoms. The van der Waals surface area contributed by atoms with Gasteiger partial charge in [-0.05, 0) is 25.5 Å². The number of rotatable bonds is 3. The Kier molecular flexibility index (Phi) is 3.88. The van der Waals surface area contributed by atoms with Crippen LogP contribution in [0, 0.1) is 6.92 Å². The molecule has 5 rings (SSSR count). The van der Waals surface area contributed by atoms with E-state index in [2.05, 4.69) is 25.0 Å². The van der Waals surface area contributed by atoms with Crippen LogP contribution >= 0.6 is 0 Å². The summed E-state index contributed by atoms with van der Waals surface area (Å²) >= 11 is 0. The predicted octanol–water partition coefficient (Wildman–Crippen LogP) is 1.85. The Morgan fingerprint density at radius 2 is 2.07 bits per heavy atom. The average molecular weight is 378 g/mol. The van der Waals surface area contributed by atoms with Crippen LogP contribution in [0.15, 0.2) is 30.7 Å². The van der Waals surface area contributed by atoms with Gasteiger partial charge in [0, 0.05) is 45.6 Å². The molecule has 144 valence electrons. The summed E-state index contributed by atoms with van der Waals surface area (Å²) in [7, 11) is 1.82. The number of hydrogen-bond donors (Lipinski definition) is 0. The number of fused-ring (bicyclic) bond motifs is 1. The highest BCUT2D eigenvalue weighted by Crippen LogP contribution is 2.31. The van der Waals surface area contributed by atoms with E-state index in [1.165, 1.54) is 0 Å². The van der Waals surface area contributed by atoms with E-state index in [0.29, 0.717) is 6.54 Å². The molecule has 0 radical (unpaired) electrons. The van der Waals surface area contributed by atoms with Gasteiger partial charge < -0.3 is 9.80 Å². The van der Waals surface area contributed by atoms with Gasteiger partial charge in [0.25, 0.3) is 0 Å². The summed E-state index contributed by atoms with van der Waals surface area (Å²) in [4.78, 5) is 31.5. The van der Waals surface area contributed by atoms with E-state index in [1.807, 2.05) is 37.0 Å². The van der Waals surface area contributed by atoms with Crippen LogP contribution in [0.2, 0.25) is 0 Å². The molecule has 0 saturated carbocycles. The maximum Gasteiger partial charge on any atom is 0.324 e. The summed E-state index contributed by atoms with van der Waals surface area (Å²) < 4.78 is 1.98. The average Bonchev–Trinajstić information content (AvgIpc) is 3.42. The van der Waals surface area contributed by atoms with E-state index in [1.54, 1.807) is 22.2 Å². The van der Waals surface area contributed by atoms with Crippen LogP contribution in [0.5, 0.6) is 0 Å². The summed E-state index contributed by atoms with van der Waals surface area (Å²) in [6, 6.07) is 4.21. The Balaban J connectivity index is 1.38. The van der Waals surface area contributed by atoms with Gasteiger partial charge in [0.05, 0.1) is 23.3 Å². The quantitative estimate of drug-likeness (QED) is 0.692. The number of hydrogen-bond acceptors (Lipinski definition) is 6. The minimum atomic E-state index is 0.0306. The highest BCUT2D eigenvalue weighted by Gasteiger charge is 2.30. The maximum absolute atomic E-state index is 12.2. The molecule has 2 aliphatic rings. The highest BCUT2D eigenvalue weighted by atomic mass is 16.2. The molecule has 0 aliphatic carbocycles. The van der Waals surface area contributed by atoms with Gasteiger partial charge in [0.1, 0.15) is 11.6 Å². The van der Waals surface area contributed by atoms with Crippen molar-refractivity contribution in [3.63, 3.8) is 0 Å². The minimum absolute atomic E-state index is 0.0306. The maximum atomic E-state index is 12.2. The number of nitrogens with zero attached hydrogens (tertiary/aromatic N) is 8. The monoisotopic (exact) mass is 378 g/mol. The number of likely N-dealkylation sites (N-methyl/N-ethyl adjacent to an activating group) is 1. The van der Waals surface area contributed by atoms with Crippen molar-refractivity contribution in [2.24, 2.45) is 0 Å². The number of urea groups is 1. The minimum Gasteiger partial charge on any atom is -0.354 e. The van der Waals surface area contributed by atoms with Crippen molar-refractivity contribution < 1.29 is 4.79 Å². The smallest absolute Gasteiger partial charge is 0.324 e.